The Labute approximate surface area is 137 Å². The number of hydrogen-bond acceptors (Lipinski definition) is 2. The SMILES string of the molecule is Bc1c(B)c(B)c(C2(N)C(=O)CCCC2(B)B)c(Cl)c1B. The third kappa shape index (κ3) is 2.26. The molecule has 2 N–H and O–H groups in total. The zero-order valence-electron chi connectivity index (χ0n) is 14.0. The zero-order valence-corrected chi connectivity index (χ0v) is 14.7. The van der Waals surface area contributed by atoms with Crippen molar-refractivity contribution in [1.29, 1.82) is 0 Å². The van der Waals surface area contributed by atoms with E-state index in [9.17, 15) is 4.79 Å². The largest absolute Gasteiger partial charge is 0.316 e. The lowest BCUT2D eigenvalue weighted by molar-refractivity contribution is -0.126. The monoisotopic (exact) mass is 295 g/mol. The van der Waals surface area contributed by atoms with Gasteiger partial charge in [0.2, 0.25) is 0 Å². The van der Waals surface area contributed by atoms with Gasteiger partial charge < -0.3 is 5.73 Å². The predicted molar refractivity (Wildman–Crippen MR) is 109 cm³/mol. The van der Waals surface area contributed by atoms with Crippen LogP contribution in [0.2, 0.25) is 10.2 Å². The fourth-order valence-electron chi connectivity index (χ4n) is 3.68. The van der Waals surface area contributed by atoms with E-state index in [1.165, 1.54) is 10.9 Å². The van der Waals surface area contributed by atoms with E-state index in [-0.39, 0.29) is 11.0 Å². The number of Topliss-reactive ketones (excluding diaryl/α,β-unsaturated/α-hetero) is 1. The highest BCUT2D eigenvalue weighted by atomic mass is 35.5. The second-order valence-corrected chi connectivity index (χ2v) is 7.54. The summed E-state index contributed by atoms with van der Waals surface area (Å²) in [5.74, 6) is 0.117. The van der Waals surface area contributed by atoms with Crippen LogP contribution in [-0.2, 0) is 10.3 Å². The van der Waals surface area contributed by atoms with Crippen LogP contribution in [0.15, 0.2) is 0 Å². The minimum absolute atomic E-state index is 0.117. The molecule has 1 fully saturated rings. The van der Waals surface area contributed by atoms with Crippen molar-refractivity contribution in [1.82, 2.24) is 0 Å². The summed E-state index contributed by atoms with van der Waals surface area (Å²) < 4.78 is 0. The summed E-state index contributed by atoms with van der Waals surface area (Å²) in [7, 11) is 12.4. The van der Waals surface area contributed by atoms with Gasteiger partial charge in [-0.05, 0) is 12.0 Å². The molecule has 0 aliphatic heterocycles. The summed E-state index contributed by atoms with van der Waals surface area (Å²) in [5.41, 5.74) is 11.1. The number of benzene rings is 1. The van der Waals surface area contributed by atoms with Crippen molar-refractivity contribution in [3.63, 3.8) is 0 Å². The number of rotatable bonds is 1. The Bertz CT molecular complexity index is 606. The molecule has 0 saturated heterocycles. The van der Waals surface area contributed by atoms with Crippen LogP contribution in [0, 0.1) is 0 Å². The Kier molecular flexibility index (Phi) is 4.27. The van der Waals surface area contributed by atoms with Gasteiger partial charge in [-0.25, -0.2) is 0 Å². The molecule has 0 aromatic heterocycles. The van der Waals surface area contributed by atoms with Gasteiger partial charge in [-0.15, -0.1) is 10.9 Å². The van der Waals surface area contributed by atoms with Crippen LogP contribution in [0.3, 0.4) is 0 Å². The van der Waals surface area contributed by atoms with E-state index < -0.39 is 5.54 Å². The number of hydrogen-bond donors (Lipinski definition) is 1. The Morgan fingerprint density at radius 1 is 1.00 bits per heavy atom. The van der Waals surface area contributed by atoms with Gasteiger partial charge in [0.05, 0.1) is 5.54 Å². The molecule has 1 saturated carbocycles. The van der Waals surface area contributed by atoms with Gasteiger partial charge in [0, 0.05) is 11.4 Å². The summed E-state index contributed by atoms with van der Waals surface area (Å²) in [5, 5.41) is 0.381. The number of nitrogens with two attached hydrogens (primary N) is 1. The van der Waals surface area contributed by atoms with Crippen molar-refractivity contribution in [3.8, 4) is 0 Å². The molecule has 0 radical (unpaired) electrons. The Hall–Kier alpha value is -0.470. The molecule has 1 atom stereocenters. The summed E-state index contributed by atoms with van der Waals surface area (Å²) in [6, 6.07) is 0. The van der Waals surface area contributed by atoms with E-state index in [2.05, 4.69) is 31.4 Å². The molecule has 1 aromatic carbocycles. The van der Waals surface area contributed by atoms with E-state index in [1.54, 1.807) is 0 Å². The Balaban J connectivity index is 2.85. The maximum Gasteiger partial charge on any atom is 0.156 e. The zero-order chi connectivity index (χ0) is 16.2. The van der Waals surface area contributed by atoms with Crippen LogP contribution in [0.5, 0.6) is 0 Å². The van der Waals surface area contributed by atoms with Crippen molar-refractivity contribution in [3.05, 3.63) is 10.6 Å². The fraction of sp³-hybridized carbons (Fsp3) is 0.417. The molecular weight excluding hydrogens is 274 g/mol. The highest BCUT2D eigenvalue weighted by Gasteiger charge is 2.52. The molecule has 1 aliphatic carbocycles. The fourth-order valence-corrected chi connectivity index (χ4v) is 4.11. The molecule has 0 bridgehead atoms. The maximum absolute atomic E-state index is 12.8. The number of halogens is 1. The quantitative estimate of drug-likeness (QED) is 0.524. The Morgan fingerprint density at radius 2 is 1.52 bits per heavy atom. The first-order chi connectivity index (χ1) is 9.55. The maximum atomic E-state index is 12.8. The van der Waals surface area contributed by atoms with Crippen molar-refractivity contribution >= 4 is 86.3 Å². The first kappa shape index (κ1) is 16.9. The van der Waals surface area contributed by atoms with Crippen LogP contribution < -0.4 is 27.6 Å². The summed E-state index contributed by atoms with van der Waals surface area (Å²) in [6.07, 6.45) is 2.39. The van der Waals surface area contributed by atoms with E-state index in [1.807, 2.05) is 15.7 Å². The average Bonchev–Trinajstić information content (AvgIpc) is 2.41. The Morgan fingerprint density at radius 3 is 2.05 bits per heavy atom. The molecule has 0 spiro atoms. The summed E-state index contributed by atoms with van der Waals surface area (Å²) in [4.78, 5) is 12.8. The van der Waals surface area contributed by atoms with E-state index >= 15 is 0 Å². The second-order valence-electron chi connectivity index (χ2n) is 7.16. The first-order valence-electron chi connectivity index (χ1n) is 7.64. The van der Waals surface area contributed by atoms with Crippen LogP contribution in [0.1, 0.15) is 24.8 Å². The average molecular weight is 295 g/mol. The summed E-state index contributed by atoms with van der Waals surface area (Å²) >= 11 is 6.66. The van der Waals surface area contributed by atoms with Gasteiger partial charge in [-0.3, -0.25) is 4.79 Å². The molecule has 9 heteroatoms. The standard InChI is InChI=1S/C12H20B6ClNO/c13-6-5(10(19)9(16)8(15)7(6)14)12(20)4(21)2-1-3-11(12,17)18/h1-3,13-18,20H2. The molecule has 21 heavy (non-hydrogen) atoms. The van der Waals surface area contributed by atoms with Crippen LogP contribution in [0.4, 0.5) is 0 Å². The topological polar surface area (TPSA) is 43.1 Å². The van der Waals surface area contributed by atoms with Gasteiger partial charge in [-0.1, -0.05) is 34.2 Å². The lowest BCUT2D eigenvalue weighted by Gasteiger charge is -2.48. The molecule has 0 amide bonds. The minimum Gasteiger partial charge on any atom is -0.316 e. The molecule has 2 rings (SSSR count). The third-order valence-corrected chi connectivity index (χ3v) is 6.19. The number of carbonyl (C=O) groups is 1. The lowest BCUT2D eigenvalue weighted by atomic mass is 9.38. The first-order valence-corrected chi connectivity index (χ1v) is 8.02. The van der Waals surface area contributed by atoms with E-state index in [0.29, 0.717) is 11.4 Å². The van der Waals surface area contributed by atoms with Gasteiger partial charge in [0.25, 0.3) is 0 Å². The van der Waals surface area contributed by atoms with Crippen LogP contribution >= 0.6 is 11.6 Å². The van der Waals surface area contributed by atoms with Gasteiger partial charge in [0.1, 0.15) is 47.1 Å². The second kappa shape index (κ2) is 5.31. The molecule has 1 aliphatic rings. The lowest BCUT2D eigenvalue weighted by Crippen LogP contribution is -2.62. The van der Waals surface area contributed by atoms with Crippen molar-refractivity contribution in [2.24, 2.45) is 5.73 Å². The summed E-state index contributed by atoms with van der Waals surface area (Å²) in [6.45, 7) is 0. The molecular formula is C12H20B6ClNO. The highest BCUT2D eigenvalue weighted by Crippen LogP contribution is 2.48. The van der Waals surface area contributed by atoms with Crippen molar-refractivity contribution < 1.29 is 4.79 Å². The normalized spacial score (nSPS) is 25.0. The van der Waals surface area contributed by atoms with Gasteiger partial charge in [0.15, 0.2) is 5.78 Å². The molecule has 104 valence electrons. The highest BCUT2D eigenvalue weighted by molar-refractivity contribution is 6.66. The molecule has 1 unspecified atom stereocenters. The molecule has 2 nitrogen and oxygen atoms in total. The van der Waals surface area contributed by atoms with Crippen LogP contribution in [-0.4, -0.2) is 52.9 Å². The van der Waals surface area contributed by atoms with E-state index in [0.717, 1.165) is 29.3 Å². The van der Waals surface area contributed by atoms with Gasteiger partial charge >= 0.3 is 0 Å². The van der Waals surface area contributed by atoms with E-state index in [4.69, 9.17) is 17.3 Å². The minimum atomic E-state index is -0.990. The van der Waals surface area contributed by atoms with Crippen molar-refractivity contribution in [2.45, 2.75) is 30.0 Å². The third-order valence-electron chi connectivity index (χ3n) is 5.72. The predicted octanol–water partition coefficient (Wildman–Crippen LogP) is -6.34. The molecule has 0 heterocycles. The smallest absolute Gasteiger partial charge is 0.156 e. The van der Waals surface area contributed by atoms with Crippen molar-refractivity contribution in [2.75, 3.05) is 0 Å². The molecule has 1 aromatic rings. The van der Waals surface area contributed by atoms with Gasteiger partial charge in [-0.2, -0.15) is 0 Å². The number of carbonyl (C=O) groups excluding carboxylic acids is 1. The number of ketones is 1. The van der Waals surface area contributed by atoms with Crippen LogP contribution in [0.25, 0.3) is 0 Å².